The van der Waals surface area contributed by atoms with Crippen molar-refractivity contribution in [3.05, 3.63) is 77.6 Å². The Morgan fingerprint density at radius 3 is 2.62 bits per heavy atom. The Kier molecular flexibility index (Phi) is 3.83. The lowest BCUT2D eigenvalue weighted by molar-refractivity contribution is 0.101. The van der Waals surface area contributed by atoms with Gasteiger partial charge in [0, 0.05) is 17.0 Å². The molecule has 5 nitrogen and oxygen atoms in total. The first-order chi connectivity index (χ1) is 13.8. The predicted octanol–water partition coefficient (Wildman–Crippen LogP) is 4.53. The van der Waals surface area contributed by atoms with Gasteiger partial charge in [-0.1, -0.05) is 30.3 Å². The molecule has 29 heavy (non-hydrogen) atoms. The Labute approximate surface area is 168 Å². The number of sulfonamides is 1. The van der Waals surface area contributed by atoms with Crippen LogP contribution in [0.2, 0.25) is 0 Å². The molecule has 6 heteroatoms. The van der Waals surface area contributed by atoms with Gasteiger partial charge in [-0.15, -0.1) is 0 Å². The zero-order chi connectivity index (χ0) is 20.3. The van der Waals surface area contributed by atoms with Crippen molar-refractivity contribution >= 4 is 43.2 Å². The van der Waals surface area contributed by atoms with Gasteiger partial charge >= 0.3 is 0 Å². The summed E-state index contributed by atoms with van der Waals surface area (Å²) in [4.78, 5) is 13.1. The molecule has 5 rings (SSSR count). The van der Waals surface area contributed by atoms with Crippen LogP contribution in [0.1, 0.15) is 28.6 Å². The van der Waals surface area contributed by atoms with Gasteiger partial charge < -0.3 is 4.42 Å². The number of nitrogens with zero attached hydrogens (tertiary/aromatic N) is 1. The lowest BCUT2D eigenvalue weighted by Gasteiger charge is -2.21. The van der Waals surface area contributed by atoms with Crippen molar-refractivity contribution in [3.8, 4) is 0 Å². The smallest absolute Gasteiger partial charge is 0.232 e. The number of carbonyl (C=O) groups is 1. The molecule has 0 aliphatic carbocycles. The third-order valence-electron chi connectivity index (χ3n) is 5.50. The largest absolute Gasteiger partial charge is 0.453 e. The van der Waals surface area contributed by atoms with Gasteiger partial charge in [-0.25, -0.2) is 8.42 Å². The van der Waals surface area contributed by atoms with Gasteiger partial charge in [0.15, 0.2) is 5.76 Å². The molecule has 2 heterocycles. The predicted molar refractivity (Wildman–Crippen MR) is 114 cm³/mol. The van der Waals surface area contributed by atoms with Gasteiger partial charge in [0.1, 0.15) is 5.58 Å². The molecule has 3 aromatic carbocycles. The number of benzene rings is 3. The monoisotopic (exact) mass is 405 g/mol. The quantitative estimate of drug-likeness (QED) is 0.470. The first-order valence-electron chi connectivity index (χ1n) is 9.41. The molecule has 0 fully saturated rings. The SMILES string of the molecule is CC1Cc2cc(C(=O)c3cc4c(ccc5ccccc54)o3)ccc2N1S(C)(=O)=O. The summed E-state index contributed by atoms with van der Waals surface area (Å²) in [5, 5.41) is 3.04. The molecule has 1 aliphatic rings. The first kappa shape index (κ1) is 17.9. The number of rotatable bonds is 3. The number of fused-ring (bicyclic) bond motifs is 4. The van der Waals surface area contributed by atoms with Crippen LogP contribution in [0.4, 0.5) is 5.69 Å². The van der Waals surface area contributed by atoms with Crippen LogP contribution < -0.4 is 4.31 Å². The Balaban J connectivity index is 1.57. The minimum Gasteiger partial charge on any atom is -0.453 e. The van der Waals surface area contributed by atoms with Crippen molar-refractivity contribution in [2.75, 3.05) is 10.6 Å². The van der Waals surface area contributed by atoms with E-state index in [9.17, 15) is 13.2 Å². The molecule has 1 aliphatic heterocycles. The molecule has 0 amide bonds. The number of hydrogen-bond donors (Lipinski definition) is 0. The number of furan rings is 1. The fourth-order valence-electron chi connectivity index (χ4n) is 4.30. The van der Waals surface area contributed by atoms with E-state index in [0.717, 1.165) is 21.7 Å². The van der Waals surface area contributed by atoms with E-state index in [-0.39, 0.29) is 17.6 Å². The lowest BCUT2D eigenvalue weighted by Crippen LogP contribution is -2.34. The van der Waals surface area contributed by atoms with Gasteiger partial charge in [-0.3, -0.25) is 9.10 Å². The fraction of sp³-hybridized carbons (Fsp3) is 0.174. The lowest BCUT2D eigenvalue weighted by atomic mass is 10.0. The Morgan fingerprint density at radius 2 is 1.83 bits per heavy atom. The highest BCUT2D eigenvalue weighted by Gasteiger charge is 2.33. The van der Waals surface area contributed by atoms with Crippen LogP contribution in [0.5, 0.6) is 0 Å². The van der Waals surface area contributed by atoms with E-state index in [4.69, 9.17) is 4.42 Å². The highest BCUT2D eigenvalue weighted by molar-refractivity contribution is 7.92. The van der Waals surface area contributed by atoms with Crippen molar-refractivity contribution in [2.24, 2.45) is 0 Å². The highest BCUT2D eigenvalue weighted by Crippen LogP contribution is 2.35. The standard InChI is InChI=1S/C23H19NO4S/c1-14-11-17-12-16(7-9-20(17)24(14)29(2,26)27)23(25)22-13-19-18-6-4-3-5-15(18)8-10-21(19)28-22/h3-10,12-14H,11H2,1-2H3. The molecular formula is C23H19NO4S. The normalized spacial score (nSPS) is 16.5. The van der Waals surface area contributed by atoms with E-state index < -0.39 is 10.0 Å². The van der Waals surface area contributed by atoms with Crippen molar-refractivity contribution < 1.29 is 17.6 Å². The molecule has 0 bridgehead atoms. The third-order valence-corrected chi connectivity index (χ3v) is 6.77. The Hall–Kier alpha value is -3.12. The minimum absolute atomic E-state index is 0.164. The second-order valence-electron chi connectivity index (χ2n) is 7.59. The summed E-state index contributed by atoms with van der Waals surface area (Å²) in [7, 11) is -3.36. The maximum Gasteiger partial charge on any atom is 0.232 e. The van der Waals surface area contributed by atoms with Crippen LogP contribution in [-0.4, -0.2) is 26.5 Å². The van der Waals surface area contributed by atoms with Crippen LogP contribution in [0.25, 0.3) is 21.7 Å². The summed E-state index contributed by atoms with van der Waals surface area (Å²) in [6.45, 7) is 1.87. The summed E-state index contributed by atoms with van der Waals surface area (Å²) in [6, 6.07) is 18.6. The Bertz CT molecular complexity index is 1400. The number of anilines is 1. The van der Waals surface area contributed by atoms with E-state index >= 15 is 0 Å². The molecule has 1 unspecified atom stereocenters. The van der Waals surface area contributed by atoms with Gasteiger partial charge in [0.25, 0.3) is 0 Å². The summed E-state index contributed by atoms with van der Waals surface area (Å²) in [5.41, 5.74) is 2.67. The van der Waals surface area contributed by atoms with Gasteiger partial charge in [-0.2, -0.15) is 0 Å². The van der Waals surface area contributed by atoms with Gasteiger partial charge in [0.05, 0.1) is 11.9 Å². The van der Waals surface area contributed by atoms with Crippen molar-refractivity contribution in [2.45, 2.75) is 19.4 Å². The van der Waals surface area contributed by atoms with E-state index in [1.165, 1.54) is 10.6 Å². The molecule has 4 aromatic rings. The molecule has 0 saturated heterocycles. The summed E-state index contributed by atoms with van der Waals surface area (Å²) < 4.78 is 31.5. The molecule has 0 radical (unpaired) electrons. The van der Waals surface area contributed by atoms with Gasteiger partial charge in [-0.05, 0) is 60.0 Å². The Morgan fingerprint density at radius 1 is 1.03 bits per heavy atom. The third kappa shape index (κ3) is 2.83. The van der Waals surface area contributed by atoms with E-state index in [2.05, 4.69) is 0 Å². The summed E-state index contributed by atoms with van der Waals surface area (Å²) in [6.07, 6.45) is 1.78. The van der Waals surface area contributed by atoms with Crippen molar-refractivity contribution in [1.82, 2.24) is 0 Å². The summed E-state index contributed by atoms with van der Waals surface area (Å²) in [5.74, 6) is 0.0702. The molecule has 0 saturated carbocycles. The van der Waals surface area contributed by atoms with Crippen LogP contribution in [0.3, 0.4) is 0 Å². The minimum atomic E-state index is -3.36. The highest BCUT2D eigenvalue weighted by atomic mass is 32.2. The second kappa shape index (κ2) is 6.19. The maximum absolute atomic E-state index is 13.1. The van der Waals surface area contributed by atoms with Crippen molar-refractivity contribution in [1.29, 1.82) is 0 Å². The van der Waals surface area contributed by atoms with Crippen LogP contribution in [0, 0.1) is 0 Å². The molecule has 1 atom stereocenters. The van der Waals surface area contributed by atoms with E-state index in [1.807, 2.05) is 43.3 Å². The first-order valence-corrected chi connectivity index (χ1v) is 11.3. The molecule has 0 N–H and O–H groups in total. The molecular weight excluding hydrogens is 386 g/mol. The summed E-state index contributed by atoms with van der Waals surface area (Å²) >= 11 is 0. The number of carbonyl (C=O) groups excluding carboxylic acids is 1. The van der Waals surface area contributed by atoms with E-state index in [1.54, 1.807) is 24.3 Å². The van der Waals surface area contributed by atoms with Crippen molar-refractivity contribution in [3.63, 3.8) is 0 Å². The molecule has 1 aromatic heterocycles. The maximum atomic E-state index is 13.1. The van der Waals surface area contributed by atoms with E-state index in [0.29, 0.717) is 23.3 Å². The van der Waals surface area contributed by atoms with Gasteiger partial charge in [0.2, 0.25) is 15.8 Å². The average molecular weight is 405 g/mol. The topological polar surface area (TPSA) is 67.6 Å². The van der Waals surface area contributed by atoms with Crippen LogP contribution in [-0.2, 0) is 16.4 Å². The fourth-order valence-corrected chi connectivity index (χ4v) is 5.56. The molecule has 0 spiro atoms. The zero-order valence-corrected chi connectivity index (χ0v) is 16.9. The molecule has 146 valence electrons. The van der Waals surface area contributed by atoms with Crippen LogP contribution >= 0.6 is 0 Å². The number of ketones is 1. The zero-order valence-electron chi connectivity index (χ0n) is 16.0. The van der Waals surface area contributed by atoms with Crippen LogP contribution in [0.15, 0.2) is 65.1 Å². The average Bonchev–Trinajstić information content (AvgIpc) is 3.26. The number of hydrogen-bond acceptors (Lipinski definition) is 4. The second-order valence-corrected chi connectivity index (χ2v) is 9.45.